The van der Waals surface area contributed by atoms with E-state index in [1.54, 1.807) is 5.56 Å². The van der Waals surface area contributed by atoms with Crippen LogP contribution >= 0.6 is 11.6 Å². The van der Waals surface area contributed by atoms with E-state index < -0.39 is 0 Å². The van der Waals surface area contributed by atoms with E-state index in [9.17, 15) is 0 Å². The van der Waals surface area contributed by atoms with Crippen LogP contribution in [0.2, 0.25) is 0 Å². The third kappa shape index (κ3) is 33.1. The van der Waals surface area contributed by atoms with Gasteiger partial charge in [0.05, 0.1) is 16.5 Å². The summed E-state index contributed by atoms with van der Waals surface area (Å²) >= 11 is 6.25. The van der Waals surface area contributed by atoms with Gasteiger partial charge in [0.15, 0.2) is 0 Å². The van der Waals surface area contributed by atoms with Crippen LogP contribution in [0.4, 0.5) is 0 Å². The van der Waals surface area contributed by atoms with E-state index in [1.807, 2.05) is 43.3 Å². The van der Waals surface area contributed by atoms with Gasteiger partial charge in [0.2, 0.25) is 0 Å². The third-order valence-electron chi connectivity index (χ3n) is 20.9. The highest BCUT2D eigenvalue weighted by atomic mass is 35.5. The monoisotopic (exact) mass is 1340 g/mol. The minimum Gasteiger partial charge on any atom is -0.192 e. The molecule has 0 aliphatic heterocycles. The average Bonchev–Trinajstić information content (AvgIpc) is 1.10. The van der Waals surface area contributed by atoms with Gasteiger partial charge in [0, 0.05) is 0 Å². The van der Waals surface area contributed by atoms with E-state index >= 15 is 0 Å². The van der Waals surface area contributed by atoms with Crippen molar-refractivity contribution in [2.75, 3.05) is 0 Å². The second-order valence-corrected chi connectivity index (χ2v) is 31.0. The molecule has 7 atom stereocenters. The molecule has 0 radical (unpaired) electrons. The van der Waals surface area contributed by atoms with Gasteiger partial charge in [-0.2, -0.15) is 5.26 Å². The number of nitriles is 1. The molecule has 8 aromatic carbocycles. The van der Waals surface area contributed by atoms with Crippen molar-refractivity contribution in [3.63, 3.8) is 0 Å². The Morgan fingerprint density at radius 1 is 0.367 bits per heavy atom. The van der Waals surface area contributed by atoms with E-state index in [1.165, 1.54) is 132 Å². The first-order valence-corrected chi connectivity index (χ1v) is 38.7. The highest BCUT2D eigenvalue weighted by Crippen LogP contribution is 2.35. The van der Waals surface area contributed by atoms with Crippen molar-refractivity contribution in [1.29, 1.82) is 5.26 Å². The first-order chi connectivity index (χ1) is 46.6. The highest BCUT2D eigenvalue weighted by molar-refractivity contribution is 6.23. The fourth-order valence-corrected chi connectivity index (χ4v) is 11.3. The van der Waals surface area contributed by atoms with Crippen LogP contribution in [0.15, 0.2) is 212 Å². The molecule has 1 nitrogen and oxygen atoms in total. The maximum atomic E-state index is 8.67. The molecule has 0 saturated heterocycles. The number of halogens is 1. The zero-order valence-electron chi connectivity index (χ0n) is 66.3. The first-order valence-electron chi connectivity index (χ1n) is 38.3. The number of benzene rings is 8. The molecule has 1 aliphatic rings. The topological polar surface area (TPSA) is 23.8 Å². The van der Waals surface area contributed by atoms with Gasteiger partial charge in [-0.05, 0) is 210 Å². The van der Waals surface area contributed by atoms with Crippen LogP contribution in [-0.2, 0) is 15.7 Å². The molecule has 7 unspecified atom stereocenters. The molecule has 0 aromatic heterocycles. The largest absolute Gasteiger partial charge is 0.192 e. The van der Waals surface area contributed by atoms with Crippen LogP contribution in [0.5, 0.6) is 0 Å². The zero-order valence-corrected chi connectivity index (χ0v) is 67.1. The van der Waals surface area contributed by atoms with E-state index in [-0.39, 0.29) is 10.3 Å². The van der Waals surface area contributed by atoms with Gasteiger partial charge in [-0.3, -0.25) is 0 Å². The van der Waals surface area contributed by atoms with Crippen molar-refractivity contribution < 1.29 is 0 Å². The summed E-state index contributed by atoms with van der Waals surface area (Å²) in [6.07, 6.45) is 16.5. The maximum Gasteiger partial charge on any atom is 0.0991 e. The number of hydrogen-bond donors (Lipinski definition) is 0. The van der Waals surface area contributed by atoms with Gasteiger partial charge in [-0.1, -0.05) is 370 Å². The van der Waals surface area contributed by atoms with Crippen LogP contribution in [-0.4, -0.2) is 0 Å². The fourth-order valence-electron chi connectivity index (χ4n) is 11.1. The normalized spacial score (nSPS) is 14.3. The predicted octanol–water partition coefficient (Wildman–Crippen LogP) is 30.8. The molecule has 0 heterocycles. The summed E-state index contributed by atoms with van der Waals surface area (Å²) < 4.78 is 0. The number of hydrogen-bond acceptors (Lipinski definition) is 1. The molecular weight excluding hydrogens is 1200 g/mol. The molecule has 534 valence electrons. The zero-order chi connectivity index (χ0) is 73.3. The lowest BCUT2D eigenvalue weighted by Crippen LogP contribution is -2.14. The molecule has 0 bridgehead atoms. The minimum atomic E-state index is -0.193. The second kappa shape index (κ2) is 47.6. The maximum absolute atomic E-state index is 8.67. The number of alkyl halides is 1. The van der Waals surface area contributed by atoms with Gasteiger partial charge >= 0.3 is 0 Å². The second-order valence-electron chi connectivity index (χ2n) is 30.1. The Morgan fingerprint density at radius 3 is 1.07 bits per heavy atom. The van der Waals surface area contributed by atoms with Crippen LogP contribution in [0.1, 0.15) is 355 Å². The molecule has 0 amide bonds. The van der Waals surface area contributed by atoms with E-state index in [2.05, 4.69) is 334 Å². The third-order valence-corrected chi connectivity index (χ3v) is 21.3. The van der Waals surface area contributed by atoms with Crippen LogP contribution in [0, 0.1) is 18.3 Å². The van der Waals surface area contributed by atoms with Crippen molar-refractivity contribution >= 4 is 11.6 Å². The molecule has 2 heteroatoms. The molecule has 1 fully saturated rings. The molecule has 9 rings (SSSR count). The van der Waals surface area contributed by atoms with Crippen molar-refractivity contribution in [3.05, 3.63) is 285 Å². The quantitative estimate of drug-likeness (QED) is 0.0786. The van der Waals surface area contributed by atoms with Gasteiger partial charge in [-0.15, -0.1) is 11.6 Å². The summed E-state index contributed by atoms with van der Waals surface area (Å²) in [5.41, 5.74) is 18.4. The van der Waals surface area contributed by atoms with Crippen molar-refractivity contribution in [2.24, 2.45) is 0 Å². The van der Waals surface area contributed by atoms with E-state index in [0.29, 0.717) is 46.8 Å². The minimum absolute atomic E-state index is 0.193. The van der Waals surface area contributed by atoms with Crippen LogP contribution < -0.4 is 0 Å². The fraction of sp³-hybridized carbons (Fsp3) is 0.490. The van der Waals surface area contributed by atoms with Crippen LogP contribution in [0.3, 0.4) is 0 Å². The Morgan fingerprint density at radius 2 is 0.704 bits per heavy atom. The lowest BCUT2D eigenvalue weighted by molar-refractivity contribution is 0.443. The van der Waals surface area contributed by atoms with Gasteiger partial charge in [-0.25, -0.2) is 0 Å². The molecule has 0 N–H and O–H groups in total. The summed E-state index contributed by atoms with van der Waals surface area (Å²) in [5.74, 6) is 5.55. The van der Waals surface area contributed by atoms with Crippen molar-refractivity contribution in [1.82, 2.24) is 0 Å². The molecule has 8 aromatic rings. The number of nitrogens with zero attached hydrogens (tertiary/aromatic N) is 1. The summed E-state index contributed by atoms with van der Waals surface area (Å²) in [6, 6.07) is 77.8. The Labute approximate surface area is 609 Å². The van der Waals surface area contributed by atoms with Gasteiger partial charge in [0.1, 0.15) is 0 Å². The Kier molecular flexibility index (Phi) is 42.5. The van der Waals surface area contributed by atoms with Crippen molar-refractivity contribution in [3.8, 4) is 6.07 Å². The molecular formula is C96H138ClN. The lowest BCUT2D eigenvalue weighted by atomic mass is 9.82. The van der Waals surface area contributed by atoms with Crippen LogP contribution in [0.25, 0.3) is 0 Å². The smallest absolute Gasteiger partial charge is 0.0991 e. The lowest BCUT2D eigenvalue weighted by Gasteiger charge is -2.22. The number of aryl methyl sites for hydroxylation is 1. The standard InChI is InChI=1S/C16H24.C14H22.C13H20.C11H13N.2C11H16.C10H13Cl.C10H14/c1-3-13(2)14-9-11-16(12-10-14)15-7-5-4-6-8-15;1-6-11(2)12-7-9-13(10-8-12)14(3,4)5;1-5-11(4)13-8-6-12(7-9-13)10(2)3;1-3-9(2)11-6-4-5-10(7-11)8-12;1-4-10(3)11-7-5-9(2)6-8-11;1-4-11(2,3)10-8-6-5-7-9-10;1-3-10(2,11)9-7-5-4-6-8-9;1-3-9(2)10-7-5-4-6-8-10/h9-13,15H,3-8H2,1-2H3;7-11H,6H2,1-5H3;6-11H,5H2,1-4H3;4-7,9H,3H2,1-2H3;5-8,10H,4H2,1-3H3;5-9H,4H2,1-3H3;4-8H,3H2,1-2H3;4-9H,3H2,1-2H3. The van der Waals surface area contributed by atoms with Crippen molar-refractivity contribution in [2.45, 2.75) is 306 Å². The molecule has 1 aliphatic carbocycles. The molecule has 1 saturated carbocycles. The Bertz CT molecular complexity index is 3230. The van der Waals surface area contributed by atoms with E-state index in [4.69, 9.17) is 16.9 Å². The summed E-state index contributed by atoms with van der Waals surface area (Å²) in [4.78, 5) is -0.193. The SMILES string of the molecule is CCC(C)(C)c1ccccc1.CCC(C)(Cl)c1ccccc1.CCC(C)c1ccc(C(C)(C)C)cc1.CCC(C)c1ccc(C(C)C)cc1.CCC(C)c1ccc(C)cc1.CCC(C)c1ccc(C2CCCCC2)cc1.CCC(C)c1cccc(C#N)c1.CCC(C)c1ccccc1. The summed E-state index contributed by atoms with van der Waals surface area (Å²) in [6.45, 7) is 51.2. The molecule has 98 heavy (non-hydrogen) atoms. The first kappa shape index (κ1) is 87.6. The summed E-state index contributed by atoms with van der Waals surface area (Å²) in [5, 5.41) is 8.67. The molecule has 0 spiro atoms. The van der Waals surface area contributed by atoms with Gasteiger partial charge < -0.3 is 0 Å². The van der Waals surface area contributed by atoms with Gasteiger partial charge in [0.25, 0.3) is 0 Å². The highest BCUT2D eigenvalue weighted by Gasteiger charge is 2.21. The average molecular weight is 1340 g/mol. The van der Waals surface area contributed by atoms with E-state index in [0.717, 1.165) is 24.3 Å². The Balaban J connectivity index is 0.000000383. The Hall–Kier alpha value is -6.46. The predicted molar refractivity (Wildman–Crippen MR) is 439 cm³/mol. The number of rotatable bonds is 18. The summed E-state index contributed by atoms with van der Waals surface area (Å²) in [7, 11) is 0.